The number of carbonyl (C=O) groups excluding carboxylic acids is 4. The highest BCUT2D eigenvalue weighted by Gasteiger charge is 2.26. The van der Waals surface area contributed by atoms with Gasteiger partial charge >= 0.3 is 11.9 Å². The van der Waals surface area contributed by atoms with Crippen LogP contribution in [0.1, 0.15) is 48.8 Å². The Balaban J connectivity index is 1.39. The number of hydrogen-bond donors (Lipinski definition) is 3. The highest BCUT2D eigenvalue weighted by Crippen LogP contribution is 2.24. The maximum atomic E-state index is 13.3. The number of nitrogens with zero attached hydrogens (tertiary/aromatic N) is 4. The summed E-state index contributed by atoms with van der Waals surface area (Å²) < 4.78 is 11.0. The zero-order valence-electron chi connectivity index (χ0n) is 24.7. The molecule has 2 amide bonds. The summed E-state index contributed by atoms with van der Waals surface area (Å²) in [5.74, 6) is -2.51. The number of benzene rings is 3. The van der Waals surface area contributed by atoms with Crippen molar-refractivity contribution in [2.24, 2.45) is 5.73 Å². The Morgan fingerprint density at radius 1 is 0.891 bits per heavy atom. The quantitative estimate of drug-likeness (QED) is 0.155. The van der Waals surface area contributed by atoms with Crippen LogP contribution in [0.25, 0.3) is 0 Å². The van der Waals surface area contributed by atoms with E-state index in [9.17, 15) is 19.2 Å². The molecule has 13 heteroatoms. The molecule has 0 unspecified atom stereocenters. The van der Waals surface area contributed by atoms with Crippen molar-refractivity contribution in [3.05, 3.63) is 119 Å². The molecule has 46 heavy (non-hydrogen) atoms. The smallest absolute Gasteiger partial charge is 0.339 e. The number of amides is 2. The SMILES string of the molecule is C=CC(=O)N1CC[C@@H](Nc2nnc(C(N)=O)c(Nc3ccc(C(=O)OCc4ccccc4)c(C(=O)OCc4ccccc4)c3)n2)C1. The van der Waals surface area contributed by atoms with Gasteiger partial charge in [-0.25, -0.2) is 9.59 Å². The number of likely N-dealkylation sites (tertiary alicyclic amines) is 1. The summed E-state index contributed by atoms with van der Waals surface area (Å²) in [6, 6.07) is 22.4. The van der Waals surface area contributed by atoms with Crippen molar-refractivity contribution in [2.75, 3.05) is 23.7 Å². The molecule has 0 bridgehead atoms. The first kappa shape index (κ1) is 31.3. The van der Waals surface area contributed by atoms with E-state index in [1.54, 1.807) is 17.0 Å². The fourth-order valence-electron chi connectivity index (χ4n) is 4.74. The molecule has 1 aromatic heterocycles. The molecule has 1 atom stereocenters. The lowest BCUT2D eigenvalue weighted by Crippen LogP contribution is -2.30. The second-order valence-electron chi connectivity index (χ2n) is 10.3. The van der Waals surface area contributed by atoms with Crippen LogP contribution in [0.3, 0.4) is 0 Å². The van der Waals surface area contributed by atoms with E-state index in [0.717, 1.165) is 11.1 Å². The number of carbonyl (C=O) groups is 4. The first-order valence-corrected chi connectivity index (χ1v) is 14.4. The molecule has 13 nitrogen and oxygen atoms in total. The average Bonchev–Trinajstić information content (AvgIpc) is 3.55. The summed E-state index contributed by atoms with van der Waals surface area (Å²) >= 11 is 0. The van der Waals surface area contributed by atoms with Crippen LogP contribution in [-0.4, -0.2) is 63.0 Å². The van der Waals surface area contributed by atoms with Gasteiger partial charge in [0, 0.05) is 24.8 Å². The maximum absolute atomic E-state index is 13.3. The van der Waals surface area contributed by atoms with Crippen LogP contribution < -0.4 is 16.4 Å². The van der Waals surface area contributed by atoms with Crippen LogP contribution in [0.2, 0.25) is 0 Å². The number of nitrogens with two attached hydrogens (primary N) is 1. The first-order chi connectivity index (χ1) is 22.3. The second-order valence-corrected chi connectivity index (χ2v) is 10.3. The van der Waals surface area contributed by atoms with Crippen molar-refractivity contribution >= 4 is 41.2 Å². The summed E-state index contributed by atoms with van der Waals surface area (Å²) in [6.45, 7) is 4.43. The third kappa shape index (κ3) is 7.88. The lowest BCUT2D eigenvalue weighted by molar-refractivity contribution is -0.125. The summed E-state index contributed by atoms with van der Waals surface area (Å²) in [5, 5.41) is 14.0. The molecule has 1 saturated heterocycles. The number of hydrogen-bond acceptors (Lipinski definition) is 11. The van der Waals surface area contributed by atoms with Gasteiger partial charge in [-0.3, -0.25) is 9.59 Å². The van der Waals surface area contributed by atoms with Gasteiger partial charge in [0.2, 0.25) is 11.9 Å². The van der Waals surface area contributed by atoms with Crippen molar-refractivity contribution in [1.82, 2.24) is 20.1 Å². The van der Waals surface area contributed by atoms with E-state index >= 15 is 0 Å². The van der Waals surface area contributed by atoms with E-state index in [1.165, 1.54) is 24.3 Å². The minimum Gasteiger partial charge on any atom is -0.457 e. The minimum absolute atomic E-state index is 0.00301. The van der Waals surface area contributed by atoms with Crippen molar-refractivity contribution in [2.45, 2.75) is 25.7 Å². The molecule has 1 aliphatic heterocycles. The molecule has 0 spiro atoms. The van der Waals surface area contributed by atoms with E-state index in [4.69, 9.17) is 15.2 Å². The fourth-order valence-corrected chi connectivity index (χ4v) is 4.74. The van der Waals surface area contributed by atoms with Gasteiger partial charge < -0.3 is 30.7 Å². The Hall–Kier alpha value is -6.11. The number of aromatic nitrogens is 3. The lowest BCUT2D eigenvalue weighted by atomic mass is 10.1. The van der Waals surface area contributed by atoms with E-state index in [2.05, 4.69) is 32.4 Å². The predicted octanol–water partition coefficient (Wildman–Crippen LogP) is 3.63. The summed E-state index contributed by atoms with van der Waals surface area (Å²) in [6.07, 6.45) is 1.89. The number of primary amides is 1. The van der Waals surface area contributed by atoms with E-state index in [0.29, 0.717) is 19.5 Å². The van der Waals surface area contributed by atoms with Crippen molar-refractivity contribution in [1.29, 1.82) is 0 Å². The molecule has 234 valence electrons. The molecule has 3 aromatic carbocycles. The van der Waals surface area contributed by atoms with E-state index in [-0.39, 0.29) is 59.4 Å². The van der Waals surface area contributed by atoms with Gasteiger partial charge in [-0.1, -0.05) is 67.2 Å². The molecule has 4 aromatic rings. The van der Waals surface area contributed by atoms with Crippen LogP contribution >= 0.6 is 0 Å². The Labute approximate surface area is 264 Å². The molecule has 0 aliphatic carbocycles. The standard InChI is InChI=1S/C33H31N7O6/c1-2-27(41)40-16-15-24(18-40)36-33-37-30(28(29(34)42)38-39-33)35-23-13-14-25(31(43)45-19-21-9-5-3-6-10-21)26(17-23)32(44)46-20-22-11-7-4-8-12-22/h2-14,17,24H,1,15-16,18-20H2,(H2,34,42)(H2,35,36,37,39)/t24-/m1/s1. The third-order valence-electron chi connectivity index (χ3n) is 7.08. The van der Waals surface area contributed by atoms with Gasteiger partial charge in [0.25, 0.3) is 5.91 Å². The highest BCUT2D eigenvalue weighted by atomic mass is 16.5. The van der Waals surface area contributed by atoms with Crippen molar-refractivity contribution in [3.63, 3.8) is 0 Å². The second kappa shape index (κ2) is 14.6. The van der Waals surface area contributed by atoms with E-state index in [1.807, 2.05) is 48.5 Å². The molecule has 0 saturated carbocycles. The zero-order chi connectivity index (χ0) is 32.5. The van der Waals surface area contributed by atoms with Crippen LogP contribution in [0, 0.1) is 0 Å². The van der Waals surface area contributed by atoms with Crippen LogP contribution in [0.15, 0.2) is 91.5 Å². The molecule has 0 radical (unpaired) electrons. The largest absolute Gasteiger partial charge is 0.457 e. The molecule has 1 fully saturated rings. The molecular weight excluding hydrogens is 590 g/mol. The van der Waals surface area contributed by atoms with Crippen LogP contribution in [0.5, 0.6) is 0 Å². The van der Waals surface area contributed by atoms with Gasteiger partial charge in [0.15, 0.2) is 11.5 Å². The summed E-state index contributed by atoms with van der Waals surface area (Å²) in [7, 11) is 0. The van der Waals surface area contributed by atoms with Crippen molar-refractivity contribution < 1.29 is 28.7 Å². The Kier molecular flexibility index (Phi) is 9.92. The summed E-state index contributed by atoms with van der Waals surface area (Å²) in [4.78, 5) is 56.6. The zero-order valence-corrected chi connectivity index (χ0v) is 24.7. The maximum Gasteiger partial charge on any atom is 0.339 e. The van der Waals surface area contributed by atoms with Crippen LogP contribution in [-0.2, 0) is 27.5 Å². The lowest BCUT2D eigenvalue weighted by Gasteiger charge is -2.16. The number of rotatable bonds is 12. The Bertz CT molecular complexity index is 1750. The van der Waals surface area contributed by atoms with Crippen molar-refractivity contribution in [3.8, 4) is 0 Å². The van der Waals surface area contributed by atoms with Gasteiger partial charge in [-0.15, -0.1) is 10.2 Å². The minimum atomic E-state index is -0.888. The third-order valence-corrected chi connectivity index (χ3v) is 7.08. The number of anilines is 3. The first-order valence-electron chi connectivity index (χ1n) is 14.4. The molecular formula is C33H31N7O6. The topological polar surface area (TPSA) is 179 Å². The molecule has 2 heterocycles. The summed E-state index contributed by atoms with van der Waals surface area (Å²) in [5.41, 5.74) is 7.02. The van der Waals surface area contributed by atoms with Gasteiger partial charge in [-0.05, 0) is 41.8 Å². The number of nitrogens with one attached hydrogen (secondary N) is 2. The van der Waals surface area contributed by atoms with Gasteiger partial charge in [-0.2, -0.15) is 4.98 Å². The fraction of sp³-hybridized carbons (Fsp3) is 0.182. The number of ether oxygens (including phenoxy) is 2. The Morgan fingerprint density at radius 3 is 2.13 bits per heavy atom. The van der Waals surface area contributed by atoms with Crippen LogP contribution in [0.4, 0.5) is 17.5 Å². The van der Waals surface area contributed by atoms with Gasteiger partial charge in [0.1, 0.15) is 13.2 Å². The van der Waals surface area contributed by atoms with E-state index < -0.39 is 17.8 Å². The monoisotopic (exact) mass is 621 g/mol. The van der Waals surface area contributed by atoms with Gasteiger partial charge in [0.05, 0.1) is 11.1 Å². The average molecular weight is 622 g/mol. The molecule has 4 N–H and O–H groups in total. The number of esters is 2. The molecule has 1 aliphatic rings. The highest BCUT2D eigenvalue weighted by molar-refractivity contribution is 6.04. The predicted molar refractivity (Wildman–Crippen MR) is 168 cm³/mol. The Morgan fingerprint density at radius 2 is 1.52 bits per heavy atom. The molecule has 5 rings (SSSR count). The normalized spacial score (nSPS) is 13.8.